The largest absolute Gasteiger partial charge is 0.444 e. The molecule has 0 bridgehead atoms. The SMILES string of the molecule is CC(C)(C)OC(=O)N[C@H](CO)Cc1ccc(-c2ccccn2)cc1. The molecule has 0 fully saturated rings. The van der Waals surface area contributed by atoms with Gasteiger partial charge < -0.3 is 15.2 Å². The fourth-order valence-electron chi connectivity index (χ4n) is 2.27. The molecule has 2 rings (SSSR count). The van der Waals surface area contributed by atoms with Crippen LogP contribution < -0.4 is 5.32 Å². The van der Waals surface area contributed by atoms with E-state index >= 15 is 0 Å². The summed E-state index contributed by atoms with van der Waals surface area (Å²) in [5.41, 5.74) is 2.40. The molecule has 128 valence electrons. The molecule has 5 heteroatoms. The Morgan fingerprint density at radius 1 is 1.21 bits per heavy atom. The van der Waals surface area contributed by atoms with E-state index in [0.717, 1.165) is 16.8 Å². The van der Waals surface area contributed by atoms with Crippen molar-refractivity contribution in [1.29, 1.82) is 0 Å². The van der Waals surface area contributed by atoms with Crippen molar-refractivity contribution >= 4 is 6.09 Å². The minimum atomic E-state index is -0.561. The van der Waals surface area contributed by atoms with Crippen molar-refractivity contribution in [3.63, 3.8) is 0 Å². The van der Waals surface area contributed by atoms with Crippen molar-refractivity contribution in [2.45, 2.75) is 38.8 Å². The zero-order chi connectivity index (χ0) is 17.6. The highest BCUT2D eigenvalue weighted by molar-refractivity contribution is 5.68. The Labute approximate surface area is 142 Å². The molecule has 0 aliphatic carbocycles. The van der Waals surface area contributed by atoms with Gasteiger partial charge in [0.05, 0.1) is 18.3 Å². The maximum Gasteiger partial charge on any atom is 0.407 e. The van der Waals surface area contributed by atoms with Gasteiger partial charge in [-0.3, -0.25) is 4.98 Å². The Hall–Kier alpha value is -2.40. The van der Waals surface area contributed by atoms with E-state index in [-0.39, 0.29) is 12.6 Å². The quantitative estimate of drug-likeness (QED) is 0.884. The van der Waals surface area contributed by atoms with Gasteiger partial charge in [0.25, 0.3) is 0 Å². The highest BCUT2D eigenvalue weighted by atomic mass is 16.6. The number of nitrogens with one attached hydrogen (secondary N) is 1. The third-order valence-electron chi connectivity index (χ3n) is 3.34. The lowest BCUT2D eigenvalue weighted by molar-refractivity contribution is 0.0483. The summed E-state index contributed by atoms with van der Waals surface area (Å²) in [5, 5.41) is 12.2. The van der Waals surface area contributed by atoms with E-state index in [2.05, 4.69) is 10.3 Å². The Balaban J connectivity index is 1.97. The molecule has 5 nitrogen and oxygen atoms in total. The average molecular weight is 328 g/mol. The number of aliphatic hydroxyl groups excluding tert-OH is 1. The molecule has 0 radical (unpaired) electrons. The number of amides is 1. The zero-order valence-electron chi connectivity index (χ0n) is 14.3. The number of rotatable bonds is 5. The molecule has 1 aromatic carbocycles. The average Bonchev–Trinajstić information content (AvgIpc) is 2.54. The van der Waals surface area contributed by atoms with Gasteiger partial charge in [-0.25, -0.2) is 4.79 Å². The van der Waals surface area contributed by atoms with Gasteiger partial charge in [0.15, 0.2) is 0 Å². The van der Waals surface area contributed by atoms with E-state index in [0.29, 0.717) is 6.42 Å². The van der Waals surface area contributed by atoms with Crippen LogP contribution >= 0.6 is 0 Å². The smallest absolute Gasteiger partial charge is 0.407 e. The molecular weight excluding hydrogens is 304 g/mol. The number of carbonyl (C=O) groups is 1. The maximum absolute atomic E-state index is 11.8. The topological polar surface area (TPSA) is 71.5 Å². The summed E-state index contributed by atoms with van der Waals surface area (Å²) < 4.78 is 5.22. The summed E-state index contributed by atoms with van der Waals surface area (Å²) in [6.07, 6.45) is 1.76. The van der Waals surface area contributed by atoms with Crippen LogP contribution in [0.15, 0.2) is 48.7 Å². The van der Waals surface area contributed by atoms with Crippen molar-refractivity contribution < 1.29 is 14.6 Å². The number of hydrogen-bond donors (Lipinski definition) is 2. The second-order valence-corrected chi connectivity index (χ2v) is 6.64. The van der Waals surface area contributed by atoms with Gasteiger partial charge in [-0.2, -0.15) is 0 Å². The summed E-state index contributed by atoms with van der Waals surface area (Å²) in [5.74, 6) is 0. The van der Waals surface area contributed by atoms with Crippen LogP contribution in [0.25, 0.3) is 11.3 Å². The second kappa shape index (κ2) is 7.93. The number of carbonyl (C=O) groups excluding carboxylic acids is 1. The van der Waals surface area contributed by atoms with Crippen LogP contribution in [0, 0.1) is 0 Å². The maximum atomic E-state index is 11.8. The van der Waals surface area contributed by atoms with E-state index in [1.165, 1.54) is 0 Å². The first-order valence-electron chi connectivity index (χ1n) is 7.98. The van der Waals surface area contributed by atoms with Gasteiger partial charge in [-0.15, -0.1) is 0 Å². The number of hydrogen-bond acceptors (Lipinski definition) is 4. The van der Waals surface area contributed by atoms with Gasteiger partial charge in [-0.05, 0) is 44.9 Å². The molecule has 0 saturated carbocycles. The number of pyridine rings is 1. The second-order valence-electron chi connectivity index (χ2n) is 6.64. The van der Waals surface area contributed by atoms with Crippen LogP contribution in [0.5, 0.6) is 0 Å². The van der Waals surface area contributed by atoms with Crippen molar-refractivity contribution in [3.8, 4) is 11.3 Å². The third kappa shape index (κ3) is 5.66. The van der Waals surface area contributed by atoms with Crippen molar-refractivity contribution in [3.05, 3.63) is 54.2 Å². The molecule has 1 heterocycles. The predicted octanol–water partition coefficient (Wildman–Crippen LogP) is 3.18. The summed E-state index contributed by atoms with van der Waals surface area (Å²) in [6.45, 7) is 5.26. The lowest BCUT2D eigenvalue weighted by Crippen LogP contribution is -2.42. The molecule has 1 amide bonds. The minimum Gasteiger partial charge on any atom is -0.444 e. The van der Waals surface area contributed by atoms with Gasteiger partial charge in [-0.1, -0.05) is 30.3 Å². The minimum absolute atomic E-state index is 0.152. The van der Waals surface area contributed by atoms with E-state index in [9.17, 15) is 9.90 Å². The fourth-order valence-corrected chi connectivity index (χ4v) is 2.27. The van der Waals surface area contributed by atoms with Gasteiger partial charge >= 0.3 is 6.09 Å². The van der Waals surface area contributed by atoms with Crippen molar-refractivity contribution in [2.75, 3.05) is 6.61 Å². The zero-order valence-corrected chi connectivity index (χ0v) is 14.3. The summed E-state index contributed by atoms with van der Waals surface area (Å²) in [6, 6.07) is 13.3. The number of aromatic nitrogens is 1. The number of nitrogens with zero attached hydrogens (tertiary/aromatic N) is 1. The first-order valence-corrected chi connectivity index (χ1v) is 7.98. The van der Waals surface area contributed by atoms with Gasteiger partial charge in [0, 0.05) is 11.8 Å². The molecule has 0 spiro atoms. The highest BCUT2D eigenvalue weighted by Crippen LogP contribution is 2.17. The first kappa shape index (κ1) is 17.9. The Morgan fingerprint density at radius 2 is 1.92 bits per heavy atom. The summed E-state index contributed by atoms with van der Waals surface area (Å²) in [4.78, 5) is 16.1. The van der Waals surface area contributed by atoms with Crippen LogP contribution in [0.2, 0.25) is 0 Å². The molecule has 2 aromatic rings. The lowest BCUT2D eigenvalue weighted by atomic mass is 10.0. The predicted molar refractivity (Wildman–Crippen MR) is 93.6 cm³/mol. The molecule has 0 aliphatic rings. The van der Waals surface area contributed by atoms with Crippen molar-refractivity contribution in [1.82, 2.24) is 10.3 Å². The lowest BCUT2D eigenvalue weighted by Gasteiger charge is -2.22. The van der Waals surface area contributed by atoms with Crippen LogP contribution in [0.4, 0.5) is 4.79 Å². The fraction of sp³-hybridized carbons (Fsp3) is 0.368. The molecule has 24 heavy (non-hydrogen) atoms. The van der Waals surface area contributed by atoms with Gasteiger partial charge in [0.2, 0.25) is 0 Å². The molecule has 2 N–H and O–H groups in total. The van der Waals surface area contributed by atoms with E-state index in [4.69, 9.17) is 4.74 Å². The molecule has 1 aromatic heterocycles. The normalized spacial score (nSPS) is 12.5. The number of aliphatic hydroxyl groups is 1. The first-order chi connectivity index (χ1) is 11.4. The molecule has 0 aliphatic heterocycles. The van der Waals surface area contributed by atoms with Gasteiger partial charge in [0.1, 0.15) is 5.60 Å². The monoisotopic (exact) mass is 328 g/mol. The standard InChI is InChI=1S/C19H24N2O3/c1-19(2,3)24-18(23)21-16(13-22)12-14-7-9-15(10-8-14)17-6-4-5-11-20-17/h4-11,16,22H,12-13H2,1-3H3,(H,21,23)/t16-/m0/s1. The number of ether oxygens (including phenoxy) is 1. The number of alkyl carbamates (subject to hydrolysis) is 1. The van der Waals surface area contributed by atoms with Crippen LogP contribution in [0.1, 0.15) is 26.3 Å². The van der Waals surface area contributed by atoms with Crippen LogP contribution in [-0.4, -0.2) is 34.4 Å². The van der Waals surface area contributed by atoms with Crippen molar-refractivity contribution in [2.24, 2.45) is 0 Å². The summed E-state index contributed by atoms with van der Waals surface area (Å²) in [7, 11) is 0. The Morgan fingerprint density at radius 3 is 2.46 bits per heavy atom. The van der Waals surface area contributed by atoms with E-state index in [1.54, 1.807) is 27.0 Å². The third-order valence-corrected chi connectivity index (χ3v) is 3.34. The molecule has 0 saturated heterocycles. The van der Waals surface area contributed by atoms with E-state index in [1.807, 2.05) is 42.5 Å². The van der Waals surface area contributed by atoms with Crippen LogP contribution in [-0.2, 0) is 11.2 Å². The van der Waals surface area contributed by atoms with E-state index < -0.39 is 11.7 Å². The molecule has 1 atom stereocenters. The Bertz CT molecular complexity index is 649. The Kier molecular flexibility index (Phi) is 5.93. The molecule has 0 unspecified atom stereocenters. The van der Waals surface area contributed by atoms with Crippen LogP contribution in [0.3, 0.4) is 0 Å². The summed E-state index contributed by atoms with van der Waals surface area (Å²) >= 11 is 0. The highest BCUT2D eigenvalue weighted by Gasteiger charge is 2.19. The number of benzene rings is 1. The molecular formula is C19H24N2O3.